The highest BCUT2D eigenvalue weighted by molar-refractivity contribution is 6.04. The molecule has 1 N–H and O–H groups in total. The normalized spacial score (nSPS) is 13.6. The monoisotopic (exact) mass is 701 g/mol. The van der Waals surface area contributed by atoms with Gasteiger partial charge >= 0.3 is 6.18 Å². The van der Waals surface area contributed by atoms with Crippen LogP contribution in [0.25, 0.3) is 10.9 Å². The maximum Gasteiger partial charge on any atom is 0.416 e. The molecule has 3 aromatic carbocycles. The second kappa shape index (κ2) is 15.1. The molecule has 1 aliphatic rings. The van der Waals surface area contributed by atoms with E-state index in [-0.39, 0.29) is 17.4 Å². The number of fused-ring (bicyclic) bond motifs is 1. The summed E-state index contributed by atoms with van der Waals surface area (Å²) in [4.78, 5) is 34.6. The van der Waals surface area contributed by atoms with Gasteiger partial charge in [0.15, 0.2) is 11.5 Å². The van der Waals surface area contributed by atoms with Crippen LogP contribution in [-0.2, 0) is 19.8 Å². The van der Waals surface area contributed by atoms with Crippen LogP contribution in [0.15, 0.2) is 85.1 Å². The van der Waals surface area contributed by atoms with Gasteiger partial charge in [0, 0.05) is 62.3 Å². The van der Waals surface area contributed by atoms with E-state index in [0.29, 0.717) is 43.4 Å². The number of nitrogens with one attached hydrogen (secondary N) is 1. The largest absolute Gasteiger partial charge is 0.490 e. The Morgan fingerprint density at radius 2 is 1.57 bits per heavy atom. The van der Waals surface area contributed by atoms with Gasteiger partial charge in [-0.1, -0.05) is 6.07 Å². The van der Waals surface area contributed by atoms with Crippen molar-refractivity contribution in [2.45, 2.75) is 26.6 Å². The number of halogens is 3. The third-order valence-electron chi connectivity index (χ3n) is 8.60. The highest BCUT2D eigenvalue weighted by atomic mass is 19.4. The molecule has 13 heteroatoms. The second-order valence-electron chi connectivity index (χ2n) is 12.0. The van der Waals surface area contributed by atoms with Crippen molar-refractivity contribution in [2.24, 2.45) is 7.05 Å². The van der Waals surface area contributed by atoms with Crippen molar-refractivity contribution in [1.29, 1.82) is 0 Å². The summed E-state index contributed by atoms with van der Waals surface area (Å²) >= 11 is 0. The number of aromatic nitrogens is 2. The smallest absolute Gasteiger partial charge is 0.416 e. The van der Waals surface area contributed by atoms with Crippen LogP contribution in [0, 0.1) is 0 Å². The summed E-state index contributed by atoms with van der Waals surface area (Å²) in [6.07, 6.45) is -3.09. The molecule has 0 atom stereocenters. The van der Waals surface area contributed by atoms with E-state index in [1.54, 1.807) is 18.2 Å². The highest BCUT2D eigenvalue weighted by Gasteiger charge is 2.30. The average Bonchev–Trinajstić information content (AvgIpc) is 3.45. The summed E-state index contributed by atoms with van der Waals surface area (Å²) in [6.45, 7) is 8.48. The van der Waals surface area contributed by atoms with Crippen LogP contribution in [0.2, 0.25) is 0 Å². The van der Waals surface area contributed by atoms with Gasteiger partial charge in [-0.25, -0.2) is 4.98 Å². The van der Waals surface area contributed by atoms with Crippen LogP contribution >= 0.6 is 0 Å². The number of rotatable bonds is 11. The minimum atomic E-state index is -4.48. The van der Waals surface area contributed by atoms with Crippen LogP contribution < -0.4 is 19.5 Å². The first-order valence-electron chi connectivity index (χ1n) is 16.6. The lowest BCUT2D eigenvalue weighted by molar-refractivity contribution is -0.137. The molecule has 266 valence electrons. The fourth-order valence-electron chi connectivity index (χ4n) is 5.97. The molecule has 10 nitrogen and oxygen atoms in total. The lowest BCUT2D eigenvalue weighted by Gasteiger charge is -2.34. The molecule has 0 radical (unpaired) electrons. The minimum Gasteiger partial charge on any atom is -0.490 e. The summed E-state index contributed by atoms with van der Waals surface area (Å²) in [5.74, 6) is 1.66. The van der Waals surface area contributed by atoms with Gasteiger partial charge in [-0.15, -0.1) is 0 Å². The number of ether oxygens (including phenoxy) is 3. The quantitative estimate of drug-likeness (QED) is 0.153. The third kappa shape index (κ3) is 8.26. The van der Waals surface area contributed by atoms with Gasteiger partial charge in [-0.3, -0.25) is 14.5 Å². The maximum absolute atomic E-state index is 13.6. The number of piperazine rings is 1. The fourth-order valence-corrected chi connectivity index (χ4v) is 5.97. The van der Waals surface area contributed by atoms with Crippen LogP contribution in [0.5, 0.6) is 23.1 Å². The molecule has 51 heavy (non-hydrogen) atoms. The van der Waals surface area contributed by atoms with Gasteiger partial charge in [0.2, 0.25) is 5.88 Å². The Bertz CT molecular complexity index is 2000. The maximum atomic E-state index is 13.6. The van der Waals surface area contributed by atoms with Gasteiger partial charge in [-0.05, 0) is 86.1 Å². The number of amides is 2. The Hall–Kier alpha value is -5.56. The fraction of sp³-hybridized carbons (Fsp3) is 0.289. The first-order chi connectivity index (χ1) is 24.5. The molecule has 1 fully saturated rings. The Morgan fingerprint density at radius 3 is 2.24 bits per heavy atom. The van der Waals surface area contributed by atoms with E-state index in [2.05, 4.69) is 21.3 Å². The molecule has 6 rings (SSSR count). The lowest BCUT2D eigenvalue weighted by Crippen LogP contribution is -2.48. The van der Waals surface area contributed by atoms with Crippen LogP contribution in [0.1, 0.15) is 45.8 Å². The number of benzene rings is 3. The Morgan fingerprint density at radius 1 is 0.843 bits per heavy atom. The van der Waals surface area contributed by atoms with Gasteiger partial charge in [0.25, 0.3) is 11.8 Å². The van der Waals surface area contributed by atoms with Crippen LogP contribution in [0.4, 0.5) is 18.9 Å². The first-order valence-corrected chi connectivity index (χ1v) is 16.6. The predicted molar refractivity (Wildman–Crippen MR) is 187 cm³/mol. The summed E-state index contributed by atoms with van der Waals surface area (Å²) in [5, 5.41) is 3.45. The number of carbonyl (C=O) groups excluding carboxylic acids is 2. The lowest BCUT2D eigenvalue weighted by atomic mass is 10.1. The van der Waals surface area contributed by atoms with E-state index in [0.717, 1.165) is 71.9 Å². The number of nitrogens with zero attached hydrogens (tertiary/aromatic N) is 4. The average molecular weight is 702 g/mol. The van der Waals surface area contributed by atoms with E-state index in [1.165, 1.54) is 6.20 Å². The number of hydrogen-bond acceptors (Lipinski definition) is 7. The third-order valence-corrected chi connectivity index (χ3v) is 8.60. The molecule has 2 aromatic heterocycles. The van der Waals surface area contributed by atoms with Crippen molar-refractivity contribution in [1.82, 2.24) is 19.4 Å². The van der Waals surface area contributed by atoms with Crippen molar-refractivity contribution < 1.29 is 37.0 Å². The summed E-state index contributed by atoms with van der Waals surface area (Å²) in [7, 11) is 1.87. The zero-order valence-electron chi connectivity index (χ0n) is 28.5. The number of alkyl halides is 3. The van der Waals surface area contributed by atoms with E-state index in [9.17, 15) is 22.8 Å². The molecule has 0 bridgehead atoms. The predicted octanol–water partition coefficient (Wildman–Crippen LogP) is 7.39. The Labute approximate surface area is 293 Å². The molecule has 1 aliphatic heterocycles. The zero-order chi connectivity index (χ0) is 36.1. The minimum absolute atomic E-state index is 0.0360. The second-order valence-corrected chi connectivity index (χ2v) is 12.0. The molecule has 0 spiro atoms. The molecule has 0 saturated carbocycles. The Kier molecular flexibility index (Phi) is 10.5. The molecular weight excluding hydrogens is 663 g/mol. The van der Waals surface area contributed by atoms with Crippen LogP contribution in [-0.4, -0.2) is 70.6 Å². The van der Waals surface area contributed by atoms with Gasteiger partial charge < -0.3 is 29.0 Å². The topological polar surface area (TPSA) is 98.2 Å². The SMILES string of the molecule is CCOc1ccc(CN2CCN(C(=O)c3cc4cc(Oc5ccc(NC(=O)c6ccc(C(F)(F)F)cc6)cn5)ccc4n3C)CC2)cc1OCC. The number of carbonyl (C=O) groups is 2. The molecule has 2 amide bonds. The van der Waals surface area contributed by atoms with Gasteiger partial charge in [0.1, 0.15) is 11.4 Å². The molecule has 1 saturated heterocycles. The van der Waals surface area contributed by atoms with Crippen molar-refractivity contribution in [2.75, 3.05) is 44.7 Å². The number of anilines is 1. The molecule has 5 aromatic rings. The van der Waals surface area contributed by atoms with E-state index < -0.39 is 17.6 Å². The van der Waals surface area contributed by atoms with E-state index in [4.69, 9.17) is 14.2 Å². The molecule has 0 aliphatic carbocycles. The summed E-state index contributed by atoms with van der Waals surface area (Å²) < 4.78 is 57.8. The van der Waals surface area contributed by atoms with Crippen molar-refractivity contribution in [3.63, 3.8) is 0 Å². The number of hydrogen-bond donors (Lipinski definition) is 1. The van der Waals surface area contributed by atoms with Gasteiger partial charge in [-0.2, -0.15) is 13.2 Å². The standard InChI is InChI=1S/C38H38F3N5O5/c1-4-49-33-14-6-25(20-34(33)50-5-2)24-45-16-18-46(19-17-45)37(48)32-22-27-21-30(12-13-31(27)44(32)3)51-35-15-11-29(23-42-35)43-36(47)26-7-9-28(10-8-26)38(39,40)41/h6-15,20-23H,4-5,16-19,24H2,1-3H3,(H,43,47). The van der Waals surface area contributed by atoms with Crippen molar-refractivity contribution in [3.05, 3.63) is 107 Å². The molecular formula is C38H38F3N5O5. The molecule has 3 heterocycles. The zero-order valence-corrected chi connectivity index (χ0v) is 28.5. The summed E-state index contributed by atoms with van der Waals surface area (Å²) in [5.41, 5.74) is 2.18. The molecule has 0 unspecified atom stereocenters. The van der Waals surface area contributed by atoms with E-state index >= 15 is 0 Å². The van der Waals surface area contributed by atoms with Crippen molar-refractivity contribution >= 4 is 28.4 Å². The summed E-state index contributed by atoms with van der Waals surface area (Å²) in [6, 6.07) is 20.5. The number of pyridine rings is 1. The Balaban J connectivity index is 1.04. The van der Waals surface area contributed by atoms with Crippen molar-refractivity contribution in [3.8, 4) is 23.1 Å². The van der Waals surface area contributed by atoms with Crippen LogP contribution in [0.3, 0.4) is 0 Å². The first kappa shape index (κ1) is 35.3. The van der Waals surface area contributed by atoms with E-state index in [1.807, 2.05) is 60.7 Å². The van der Waals surface area contributed by atoms with Gasteiger partial charge in [0.05, 0.1) is 30.7 Å². The number of aryl methyl sites for hydroxylation is 1. The highest BCUT2D eigenvalue weighted by Crippen LogP contribution is 2.31.